The summed E-state index contributed by atoms with van der Waals surface area (Å²) in [6, 6.07) is 17.3. The summed E-state index contributed by atoms with van der Waals surface area (Å²) in [7, 11) is 0. The SMILES string of the molecule is CC(=O)c1cccc(NC(=O)c2ccc3c(c2)C[C@@H](c2ccc(F)cc2)OC3=O)c1. The van der Waals surface area contributed by atoms with Gasteiger partial charge in [0, 0.05) is 23.2 Å². The largest absolute Gasteiger partial charge is 0.454 e. The van der Waals surface area contributed by atoms with Gasteiger partial charge in [-0.2, -0.15) is 0 Å². The van der Waals surface area contributed by atoms with Crippen LogP contribution in [-0.4, -0.2) is 17.7 Å². The number of hydrogen-bond donors (Lipinski definition) is 1. The second-order valence-corrected chi connectivity index (χ2v) is 7.11. The van der Waals surface area contributed by atoms with E-state index < -0.39 is 12.1 Å². The first kappa shape index (κ1) is 19.5. The van der Waals surface area contributed by atoms with Gasteiger partial charge in [-0.25, -0.2) is 9.18 Å². The number of rotatable bonds is 4. The Kier molecular flexibility index (Phi) is 5.14. The molecule has 30 heavy (non-hydrogen) atoms. The minimum absolute atomic E-state index is 0.0924. The number of carbonyl (C=O) groups excluding carboxylic acids is 3. The standard InChI is InChI=1S/C24H18FNO4/c1-14(27)16-3-2-4-20(12-16)26-23(28)17-7-10-21-18(11-17)13-22(30-24(21)29)15-5-8-19(25)9-6-15/h2-12,22H,13H2,1H3,(H,26,28)/t22-/m0/s1. The van der Waals surface area contributed by atoms with Crippen LogP contribution in [0.3, 0.4) is 0 Å². The van der Waals surface area contributed by atoms with Crippen LogP contribution < -0.4 is 5.32 Å². The Morgan fingerprint density at radius 3 is 2.50 bits per heavy atom. The summed E-state index contributed by atoms with van der Waals surface area (Å²) in [5.41, 5.74) is 3.17. The van der Waals surface area contributed by atoms with E-state index in [0.29, 0.717) is 39.9 Å². The average Bonchev–Trinajstić information content (AvgIpc) is 2.74. The fourth-order valence-corrected chi connectivity index (χ4v) is 3.42. The topological polar surface area (TPSA) is 72.5 Å². The number of halogens is 1. The molecule has 150 valence electrons. The van der Waals surface area contributed by atoms with E-state index >= 15 is 0 Å². The third kappa shape index (κ3) is 3.98. The van der Waals surface area contributed by atoms with Crippen LogP contribution >= 0.6 is 0 Å². The quantitative estimate of drug-likeness (QED) is 0.505. The zero-order valence-corrected chi connectivity index (χ0v) is 16.1. The molecule has 6 heteroatoms. The minimum Gasteiger partial charge on any atom is -0.454 e. The van der Waals surface area contributed by atoms with Crippen molar-refractivity contribution in [3.63, 3.8) is 0 Å². The molecule has 1 N–H and O–H groups in total. The van der Waals surface area contributed by atoms with Crippen molar-refractivity contribution in [3.05, 3.63) is 100 Å². The lowest BCUT2D eigenvalue weighted by Gasteiger charge is -2.25. The molecular weight excluding hydrogens is 385 g/mol. The maximum absolute atomic E-state index is 13.2. The number of benzene rings is 3. The van der Waals surface area contributed by atoms with Crippen LogP contribution in [-0.2, 0) is 11.2 Å². The fourth-order valence-electron chi connectivity index (χ4n) is 3.42. The molecular formula is C24H18FNO4. The number of esters is 1. The highest BCUT2D eigenvalue weighted by molar-refractivity contribution is 6.06. The zero-order chi connectivity index (χ0) is 21.3. The van der Waals surface area contributed by atoms with E-state index in [0.717, 1.165) is 0 Å². The van der Waals surface area contributed by atoms with Gasteiger partial charge in [0.1, 0.15) is 11.9 Å². The number of Topliss-reactive ketones (excluding diaryl/α,β-unsaturated/α-hetero) is 1. The maximum Gasteiger partial charge on any atom is 0.339 e. The van der Waals surface area contributed by atoms with Gasteiger partial charge in [0.2, 0.25) is 0 Å². The molecule has 3 aromatic rings. The van der Waals surface area contributed by atoms with Crippen molar-refractivity contribution < 1.29 is 23.5 Å². The summed E-state index contributed by atoms with van der Waals surface area (Å²) >= 11 is 0. The molecule has 0 spiro atoms. The summed E-state index contributed by atoms with van der Waals surface area (Å²) in [6.07, 6.45) is -0.163. The van der Waals surface area contributed by atoms with Crippen molar-refractivity contribution in [2.75, 3.05) is 5.32 Å². The predicted molar refractivity (Wildman–Crippen MR) is 109 cm³/mol. The smallest absolute Gasteiger partial charge is 0.339 e. The lowest BCUT2D eigenvalue weighted by molar-refractivity contribution is 0.0252. The Morgan fingerprint density at radius 2 is 1.77 bits per heavy atom. The Morgan fingerprint density at radius 1 is 1.00 bits per heavy atom. The van der Waals surface area contributed by atoms with E-state index in [4.69, 9.17) is 4.74 Å². The van der Waals surface area contributed by atoms with Gasteiger partial charge in [-0.05, 0) is 60.5 Å². The first-order valence-electron chi connectivity index (χ1n) is 9.42. The van der Waals surface area contributed by atoms with Crippen LogP contribution in [0.2, 0.25) is 0 Å². The van der Waals surface area contributed by atoms with Gasteiger partial charge in [0.05, 0.1) is 5.56 Å². The summed E-state index contributed by atoms with van der Waals surface area (Å²) in [6.45, 7) is 1.46. The molecule has 0 unspecified atom stereocenters. The van der Waals surface area contributed by atoms with Gasteiger partial charge in [-0.3, -0.25) is 9.59 Å². The molecule has 1 amide bonds. The van der Waals surface area contributed by atoms with E-state index in [2.05, 4.69) is 5.32 Å². The summed E-state index contributed by atoms with van der Waals surface area (Å²) < 4.78 is 18.7. The highest BCUT2D eigenvalue weighted by Gasteiger charge is 2.28. The Bertz CT molecular complexity index is 1150. The molecule has 1 aliphatic rings. The number of carbonyl (C=O) groups is 3. The van der Waals surface area contributed by atoms with Gasteiger partial charge in [0.25, 0.3) is 5.91 Å². The molecule has 0 fully saturated rings. The van der Waals surface area contributed by atoms with Gasteiger partial charge in [-0.15, -0.1) is 0 Å². The lowest BCUT2D eigenvalue weighted by atomic mass is 9.93. The summed E-state index contributed by atoms with van der Waals surface area (Å²) in [4.78, 5) is 36.6. The van der Waals surface area contributed by atoms with E-state index in [-0.39, 0.29) is 17.5 Å². The zero-order valence-electron chi connectivity index (χ0n) is 16.1. The van der Waals surface area contributed by atoms with Crippen molar-refractivity contribution in [1.82, 2.24) is 0 Å². The molecule has 0 bridgehead atoms. The number of cyclic esters (lactones) is 1. The van der Waals surface area contributed by atoms with Crippen LogP contribution in [0.1, 0.15) is 55.2 Å². The molecule has 0 saturated heterocycles. The number of fused-ring (bicyclic) bond motifs is 1. The number of hydrogen-bond acceptors (Lipinski definition) is 4. The second kappa shape index (κ2) is 7.91. The third-order valence-electron chi connectivity index (χ3n) is 5.01. The Labute approximate surface area is 172 Å². The third-order valence-corrected chi connectivity index (χ3v) is 5.01. The highest BCUT2D eigenvalue weighted by Crippen LogP contribution is 2.31. The van der Waals surface area contributed by atoms with Gasteiger partial charge < -0.3 is 10.1 Å². The number of ether oxygens (including phenoxy) is 1. The number of anilines is 1. The average molecular weight is 403 g/mol. The predicted octanol–water partition coefficient (Wildman–Crippen LogP) is 4.73. The van der Waals surface area contributed by atoms with Crippen molar-refractivity contribution in [2.24, 2.45) is 0 Å². The molecule has 1 atom stereocenters. The molecule has 0 radical (unpaired) electrons. The van der Waals surface area contributed by atoms with Crippen LogP contribution in [0.15, 0.2) is 66.7 Å². The van der Waals surface area contributed by atoms with Crippen molar-refractivity contribution in [1.29, 1.82) is 0 Å². The number of nitrogens with one attached hydrogen (secondary N) is 1. The van der Waals surface area contributed by atoms with E-state index in [1.54, 1.807) is 54.6 Å². The normalized spacial score (nSPS) is 15.1. The first-order valence-corrected chi connectivity index (χ1v) is 9.42. The van der Waals surface area contributed by atoms with E-state index in [1.165, 1.54) is 19.1 Å². The van der Waals surface area contributed by atoms with Crippen LogP contribution in [0.25, 0.3) is 0 Å². The van der Waals surface area contributed by atoms with E-state index in [9.17, 15) is 18.8 Å². The Hall–Kier alpha value is -3.80. The maximum atomic E-state index is 13.2. The van der Waals surface area contributed by atoms with Crippen molar-refractivity contribution in [3.8, 4) is 0 Å². The summed E-state index contributed by atoms with van der Waals surface area (Å²) in [5, 5.41) is 2.77. The second-order valence-electron chi connectivity index (χ2n) is 7.11. The van der Waals surface area contributed by atoms with Crippen molar-refractivity contribution in [2.45, 2.75) is 19.4 Å². The monoisotopic (exact) mass is 403 g/mol. The number of amides is 1. The van der Waals surface area contributed by atoms with Gasteiger partial charge in [0.15, 0.2) is 5.78 Å². The lowest BCUT2D eigenvalue weighted by Crippen LogP contribution is -2.23. The molecule has 4 rings (SSSR count). The summed E-state index contributed by atoms with van der Waals surface area (Å²) in [5.74, 6) is -1.29. The highest BCUT2D eigenvalue weighted by atomic mass is 19.1. The fraction of sp³-hybridized carbons (Fsp3) is 0.125. The van der Waals surface area contributed by atoms with Crippen LogP contribution in [0.4, 0.5) is 10.1 Å². The molecule has 0 saturated carbocycles. The molecule has 1 aliphatic heterocycles. The molecule has 0 aromatic heterocycles. The van der Waals surface area contributed by atoms with Gasteiger partial charge in [-0.1, -0.05) is 24.3 Å². The van der Waals surface area contributed by atoms with Crippen molar-refractivity contribution >= 4 is 23.3 Å². The first-order chi connectivity index (χ1) is 14.4. The van der Waals surface area contributed by atoms with Gasteiger partial charge >= 0.3 is 5.97 Å². The van der Waals surface area contributed by atoms with Crippen LogP contribution in [0, 0.1) is 5.82 Å². The minimum atomic E-state index is -0.545. The Balaban J connectivity index is 1.57. The molecule has 1 heterocycles. The molecule has 5 nitrogen and oxygen atoms in total. The molecule has 0 aliphatic carbocycles. The molecule has 3 aromatic carbocycles. The number of ketones is 1. The van der Waals surface area contributed by atoms with E-state index in [1.807, 2.05) is 0 Å². The van der Waals surface area contributed by atoms with Crippen LogP contribution in [0.5, 0.6) is 0 Å².